The van der Waals surface area contributed by atoms with Gasteiger partial charge in [0.25, 0.3) is 0 Å². The van der Waals surface area contributed by atoms with E-state index in [2.05, 4.69) is 4.98 Å². The lowest BCUT2D eigenvalue weighted by atomic mass is 9.84. The molecular formula is C22H28ClN3O3. The van der Waals surface area contributed by atoms with E-state index in [9.17, 15) is 9.59 Å². The Morgan fingerprint density at radius 1 is 1.21 bits per heavy atom. The van der Waals surface area contributed by atoms with Crippen LogP contribution in [0.1, 0.15) is 46.9 Å². The van der Waals surface area contributed by atoms with Crippen molar-refractivity contribution in [1.29, 1.82) is 0 Å². The van der Waals surface area contributed by atoms with Gasteiger partial charge in [0.1, 0.15) is 17.2 Å². The number of hydrogen-bond donors (Lipinski definition) is 0. The molecule has 6 nitrogen and oxygen atoms in total. The third kappa shape index (κ3) is 3.75. The first-order valence-electron chi connectivity index (χ1n) is 10.1. The number of hydrogen-bond acceptors (Lipinski definition) is 4. The number of rotatable bonds is 4. The first-order valence-corrected chi connectivity index (χ1v) is 10.5. The molecule has 156 valence electrons. The highest BCUT2D eigenvalue weighted by atomic mass is 35.5. The van der Waals surface area contributed by atoms with Gasteiger partial charge < -0.3 is 14.0 Å². The summed E-state index contributed by atoms with van der Waals surface area (Å²) in [6.45, 7) is 10.9. The predicted octanol–water partition coefficient (Wildman–Crippen LogP) is 4.34. The molecule has 29 heavy (non-hydrogen) atoms. The number of pyridine rings is 1. The molecule has 2 aromatic heterocycles. The molecule has 0 aromatic carbocycles. The molecule has 7 heteroatoms. The Morgan fingerprint density at radius 2 is 1.86 bits per heavy atom. The van der Waals surface area contributed by atoms with Crippen LogP contribution in [0.15, 0.2) is 24.5 Å². The number of nitrogens with zero attached hydrogens (tertiary/aromatic N) is 3. The van der Waals surface area contributed by atoms with Crippen molar-refractivity contribution in [2.45, 2.75) is 52.1 Å². The van der Waals surface area contributed by atoms with Gasteiger partial charge in [0.15, 0.2) is 0 Å². The predicted molar refractivity (Wildman–Crippen MR) is 111 cm³/mol. The standard InChI is InChI=1S/C22H28ClN3O3/c1-21(2,3)29-20(28)25-11-13-14(12-25)18(13)17(27)9-22(4,5)19-24-10-16-15(23)7-6-8-26(16)19/h6-8,10,13-14,18H,9,11-12H2,1-5H3/t13-,14+,18?. The summed E-state index contributed by atoms with van der Waals surface area (Å²) in [6, 6.07) is 3.72. The second-order valence-electron chi connectivity index (χ2n) is 9.96. The minimum atomic E-state index is -0.501. The van der Waals surface area contributed by atoms with Crippen LogP contribution in [0.4, 0.5) is 4.79 Å². The molecule has 2 fully saturated rings. The van der Waals surface area contributed by atoms with E-state index in [1.165, 1.54) is 0 Å². The molecule has 1 saturated heterocycles. The molecule has 2 aromatic rings. The average molecular weight is 418 g/mol. The van der Waals surface area contributed by atoms with Crippen LogP contribution in [0.2, 0.25) is 5.02 Å². The molecule has 0 radical (unpaired) electrons. The summed E-state index contributed by atoms with van der Waals surface area (Å²) >= 11 is 6.26. The van der Waals surface area contributed by atoms with E-state index in [1.54, 1.807) is 11.1 Å². The fraction of sp³-hybridized carbons (Fsp3) is 0.591. The summed E-state index contributed by atoms with van der Waals surface area (Å²) < 4.78 is 7.41. The summed E-state index contributed by atoms with van der Waals surface area (Å²) in [4.78, 5) is 31.6. The van der Waals surface area contributed by atoms with Gasteiger partial charge in [-0.05, 0) is 44.7 Å². The molecule has 0 N–H and O–H groups in total. The topological polar surface area (TPSA) is 63.9 Å². The molecule has 1 amide bonds. The molecule has 0 bridgehead atoms. The first kappa shape index (κ1) is 20.2. The largest absolute Gasteiger partial charge is 0.444 e. The zero-order valence-corrected chi connectivity index (χ0v) is 18.4. The number of ether oxygens (including phenoxy) is 1. The van der Waals surface area contributed by atoms with Crippen LogP contribution in [-0.2, 0) is 14.9 Å². The van der Waals surface area contributed by atoms with E-state index in [0.29, 0.717) is 24.5 Å². The van der Waals surface area contributed by atoms with Gasteiger partial charge in [0.05, 0.1) is 16.7 Å². The Kier molecular flexibility index (Phi) is 4.69. The van der Waals surface area contributed by atoms with E-state index in [1.807, 2.05) is 57.3 Å². The Balaban J connectivity index is 1.40. The minimum absolute atomic E-state index is 0.0442. The molecule has 4 rings (SSSR count). The van der Waals surface area contributed by atoms with Gasteiger partial charge in [0.2, 0.25) is 0 Å². The Labute approximate surface area is 176 Å². The van der Waals surface area contributed by atoms with Gasteiger partial charge in [-0.15, -0.1) is 0 Å². The maximum Gasteiger partial charge on any atom is 0.410 e. The highest BCUT2D eigenvalue weighted by molar-refractivity contribution is 6.33. The third-order valence-electron chi connectivity index (χ3n) is 5.96. The lowest BCUT2D eigenvalue weighted by Gasteiger charge is -2.26. The lowest BCUT2D eigenvalue weighted by Crippen LogP contribution is -2.37. The molecule has 2 aliphatic rings. The van der Waals surface area contributed by atoms with Gasteiger partial charge in [-0.3, -0.25) is 4.79 Å². The number of imidazole rings is 1. The molecule has 0 spiro atoms. The van der Waals surface area contributed by atoms with Gasteiger partial charge in [-0.25, -0.2) is 9.78 Å². The maximum absolute atomic E-state index is 13.0. The van der Waals surface area contributed by atoms with Gasteiger partial charge >= 0.3 is 6.09 Å². The van der Waals surface area contributed by atoms with E-state index in [0.717, 1.165) is 11.3 Å². The van der Waals surface area contributed by atoms with Crippen LogP contribution in [0.3, 0.4) is 0 Å². The Bertz CT molecular complexity index is 963. The van der Waals surface area contributed by atoms with Crippen LogP contribution in [0.5, 0.6) is 0 Å². The molecule has 1 aliphatic heterocycles. The van der Waals surface area contributed by atoms with E-state index < -0.39 is 11.0 Å². The van der Waals surface area contributed by atoms with Crippen molar-refractivity contribution in [2.24, 2.45) is 17.8 Å². The first-order chi connectivity index (χ1) is 13.5. The van der Waals surface area contributed by atoms with Crippen LogP contribution in [-0.4, -0.2) is 44.9 Å². The van der Waals surface area contributed by atoms with E-state index >= 15 is 0 Å². The van der Waals surface area contributed by atoms with E-state index in [4.69, 9.17) is 16.3 Å². The highest BCUT2D eigenvalue weighted by Crippen LogP contribution is 2.53. The normalized spacial score (nSPS) is 23.9. The number of aromatic nitrogens is 2. The third-order valence-corrected chi connectivity index (χ3v) is 6.28. The molecule has 1 saturated carbocycles. The van der Waals surface area contributed by atoms with Crippen LogP contribution in [0.25, 0.3) is 5.52 Å². The number of Topliss-reactive ketones (excluding diaryl/α,β-unsaturated/α-hetero) is 1. The lowest BCUT2D eigenvalue weighted by molar-refractivity contribution is -0.122. The highest BCUT2D eigenvalue weighted by Gasteiger charge is 2.60. The number of carbonyl (C=O) groups is 2. The smallest absolute Gasteiger partial charge is 0.410 e. The summed E-state index contributed by atoms with van der Waals surface area (Å²) in [6.07, 6.45) is 3.83. The summed E-state index contributed by atoms with van der Waals surface area (Å²) in [5.74, 6) is 1.66. The zero-order chi connectivity index (χ0) is 21.1. The second kappa shape index (κ2) is 6.73. The molecule has 1 aliphatic carbocycles. The number of piperidine rings is 1. The van der Waals surface area contributed by atoms with Crippen molar-refractivity contribution in [3.63, 3.8) is 0 Å². The van der Waals surface area contributed by atoms with Crippen molar-refractivity contribution >= 4 is 29.0 Å². The number of amides is 1. The summed E-state index contributed by atoms with van der Waals surface area (Å²) in [7, 11) is 0. The second-order valence-corrected chi connectivity index (χ2v) is 10.4. The summed E-state index contributed by atoms with van der Waals surface area (Å²) in [5, 5.41) is 0.646. The Morgan fingerprint density at radius 3 is 2.48 bits per heavy atom. The van der Waals surface area contributed by atoms with Gasteiger partial charge in [0, 0.05) is 37.0 Å². The van der Waals surface area contributed by atoms with Crippen molar-refractivity contribution in [3.05, 3.63) is 35.4 Å². The molecule has 1 unspecified atom stereocenters. The molecule has 3 heterocycles. The average Bonchev–Trinajstić information content (AvgIpc) is 2.96. The van der Waals surface area contributed by atoms with Crippen LogP contribution in [0, 0.1) is 17.8 Å². The van der Waals surface area contributed by atoms with Crippen LogP contribution < -0.4 is 0 Å². The number of fused-ring (bicyclic) bond motifs is 2. The molecule has 3 atom stereocenters. The SMILES string of the molecule is CC(C)(C)OC(=O)N1C[C@@H]2C(C(=O)CC(C)(C)c3ncc4c(Cl)cccn34)[C@@H]2C1. The number of likely N-dealkylation sites (tertiary alicyclic amines) is 1. The van der Waals surface area contributed by atoms with Gasteiger partial charge in [-0.2, -0.15) is 0 Å². The number of halogens is 1. The van der Waals surface area contributed by atoms with Crippen molar-refractivity contribution in [2.75, 3.05) is 13.1 Å². The summed E-state index contributed by atoms with van der Waals surface area (Å²) in [5.41, 5.74) is -0.0597. The number of carbonyl (C=O) groups excluding carboxylic acids is 2. The van der Waals surface area contributed by atoms with Crippen molar-refractivity contribution < 1.29 is 14.3 Å². The Hall–Kier alpha value is -2.08. The minimum Gasteiger partial charge on any atom is -0.444 e. The fourth-order valence-electron chi connectivity index (χ4n) is 4.60. The molecular weight excluding hydrogens is 390 g/mol. The zero-order valence-electron chi connectivity index (χ0n) is 17.6. The maximum atomic E-state index is 13.0. The number of ketones is 1. The van der Waals surface area contributed by atoms with Crippen molar-refractivity contribution in [1.82, 2.24) is 14.3 Å². The van der Waals surface area contributed by atoms with E-state index in [-0.39, 0.29) is 29.6 Å². The quantitative estimate of drug-likeness (QED) is 0.742. The van der Waals surface area contributed by atoms with Crippen LogP contribution >= 0.6 is 11.6 Å². The fourth-order valence-corrected chi connectivity index (χ4v) is 4.81. The monoisotopic (exact) mass is 417 g/mol. The van der Waals surface area contributed by atoms with Gasteiger partial charge in [-0.1, -0.05) is 25.4 Å². The van der Waals surface area contributed by atoms with Crippen molar-refractivity contribution in [3.8, 4) is 0 Å².